The molecule has 1 heterocycles. The van der Waals surface area contributed by atoms with Crippen molar-refractivity contribution in [3.8, 4) is 0 Å². The highest BCUT2D eigenvalue weighted by molar-refractivity contribution is 5.74. The van der Waals surface area contributed by atoms with E-state index in [1.54, 1.807) is 0 Å². The van der Waals surface area contributed by atoms with Gasteiger partial charge in [-0.15, -0.1) is 0 Å². The van der Waals surface area contributed by atoms with Crippen LogP contribution in [0.1, 0.15) is 69.8 Å². The van der Waals surface area contributed by atoms with Gasteiger partial charge < -0.3 is 15.5 Å². The second kappa shape index (κ2) is 9.52. The van der Waals surface area contributed by atoms with Crippen LogP contribution in [-0.2, 0) is 6.42 Å². The lowest BCUT2D eigenvalue weighted by Gasteiger charge is -2.56. The molecule has 4 heteroatoms. The van der Waals surface area contributed by atoms with Gasteiger partial charge in [0.25, 0.3) is 0 Å². The number of carbonyl (C=O) groups is 1. The molecular weight excluding hydrogens is 382 g/mol. The van der Waals surface area contributed by atoms with Crippen molar-refractivity contribution in [2.24, 2.45) is 23.7 Å². The molecule has 1 unspecified atom stereocenters. The van der Waals surface area contributed by atoms with E-state index in [2.05, 4.69) is 45.9 Å². The van der Waals surface area contributed by atoms with Crippen LogP contribution in [0.5, 0.6) is 0 Å². The molecule has 2 amide bonds. The van der Waals surface area contributed by atoms with E-state index in [4.69, 9.17) is 0 Å². The summed E-state index contributed by atoms with van der Waals surface area (Å²) >= 11 is 0. The highest BCUT2D eigenvalue weighted by atomic mass is 16.2. The molecule has 4 saturated carbocycles. The lowest BCUT2D eigenvalue weighted by atomic mass is 9.53. The Morgan fingerprint density at radius 2 is 1.74 bits per heavy atom. The Labute approximate surface area is 188 Å². The fourth-order valence-corrected chi connectivity index (χ4v) is 7.66. The van der Waals surface area contributed by atoms with Gasteiger partial charge >= 0.3 is 6.03 Å². The number of piperidine rings is 1. The van der Waals surface area contributed by atoms with Gasteiger partial charge in [-0.25, -0.2) is 4.79 Å². The predicted octanol–water partition coefficient (Wildman–Crippen LogP) is 4.99. The highest BCUT2D eigenvalue weighted by Gasteiger charge is 2.51. The maximum Gasteiger partial charge on any atom is 0.315 e. The second-order valence-electron chi connectivity index (χ2n) is 11.3. The summed E-state index contributed by atoms with van der Waals surface area (Å²) in [5.41, 5.74) is 1.59. The van der Waals surface area contributed by atoms with Crippen molar-refractivity contribution in [2.75, 3.05) is 26.2 Å². The Hall–Kier alpha value is -1.55. The van der Waals surface area contributed by atoms with Crippen LogP contribution in [0.15, 0.2) is 30.3 Å². The number of carbonyl (C=O) groups excluding carboxylic acids is 1. The van der Waals surface area contributed by atoms with Gasteiger partial charge in [0.05, 0.1) is 0 Å². The van der Waals surface area contributed by atoms with Crippen LogP contribution in [0.25, 0.3) is 0 Å². The van der Waals surface area contributed by atoms with Crippen LogP contribution in [0.4, 0.5) is 4.79 Å². The van der Waals surface area contributed by atoms with E-state index in [-0.39, 0.29) is 11.6 Å². The minimum Gasteiger partial charge on any atom is -0.338 e. The molecule has 2 N–H and O–H groups in total. The van der Waals surface area contributed by atoms with Crippen LogP contribution in [0, 0.1) is 23.7 Å². The van der Waals surface area contributed by atoms with Crippen molar-refractivity contribution in [3.05, 3.63) is 35.9 Å². The van der Waals surface area contributed by atoms with Gasteiger partial charge in [0.15, 0.2) is 0 Å². The molecule has 0 radical (unpaired) electrons. The first kappa shape index (κ1) is 21.3. The van der Waals surface area contributed by atoms with E-state index < -0.39 is 0 Å². The quantitative estimate of drug-likeness (QED) is 0.579. The van der Waals surface area contributed by atoms with Crippen LogP contribution >= 0.6 is 0 Å². The molecule has 0 aromatic heterocycles. The van der Waals surface area contributed by atoms with Crippen LogP contribution in [-0.4, -0.2) is 42.6 Å². The minimum absolute atomic E-state index is 0.0846. The second-order valence-corrected chi connectivity index (χ2v) is 11.3. The van der Waals surface area contributed by atoms with Crippen molar-refractivity contribution in [1.29, 1.82) is 0 Å². The monoisotopic (exact) mass is 423 g/mol. The van der Waals surface area contributed by atoms with E-state index in [0.29, 0.717) is 0 Å². The first-order valence-corrected chi connectivity index (χ1v) is 13.0. The Morgan fingerprint density at radius 3 is 2.45 bits per heavy atom. The maximum atomic E-state index is 12.6. The number of aryl methyl sites for hydroxylation is 1. The van der Waals surface area contributed by atoms with Gasteiger partial charge in [-0.1, -0.05) is 30.3 Å². The average Bonchev–Trinajstić information content (AvgIpc) is 2.75. The van der Waals surface area contributed by atoms with Crippen molar-refractivity contribution in [3.63, 3.8) is 0 Å². The Bertz CT molecular complexity index is 698. The summed E-state index contributed by atoms with van der Waals surface area (Å²) in [4.78, 5) is 15.2. The van der Waals surface area contributed by atoms with Crippen LogP contribution in [0.2, 0.25) is 0 Å². The molecule has 4 bridgehead atoms. The normalized spacial score (nSPS) is 34.6. The molecule has 6 rings (SSSR count). The van der Waals surface area contributed by atoms with Gasteiger partial charge in [0, 0.05) is 18.6 Å². The number of hydrogen-bond donors (Lipinski definition) is 2. The number of nitrogens with zero attached hydrogens (tertiary/aromatic N) is 1. The third-order valence-electron chi connectivity index (χ3n) is 8.64. The predicted molar refractivity (Wildman–Crippen MR) is 126 cm³/mol. The van der Waals surface area contributed by atoms with Crippen molar-refractivity contribution < 1.29 is 4.79 Å². The summed E-state index contributed by atoms with van der Waals surface area (Å²) in [5.74, 6) is 3.45. The summed E-state index contributed by atoms with van der Waals surface area (Å²) in [6.07, 6.45) is 14.2. The van der Waals surface area contributed by atoms with E-state index in [9.17, 15) is 4.79 Å². The largest absolute Gasteiger partial charge is 0.338 e. The summed E-state index contributed by atoms with van der Waals surface area (Å²) in [6, 6.07) is 11.0. The maximum absolute atomic E-state index is 12.6. The van der Waals surface area contributed by atoms with E-state index in [1.165, 1.54) is 82.9 Å². The van der Waals surface area contributed by atoms with Gasteiger partial charge in [-0.05, 0) is 113 Å². The fraction of sp³-hybridized carbons (Fsp3) is 0.741. The van der Waals surface area contributed by atoms with Crippen molar-refractivity contribution in [1.82, 2.24) is 15.5 Å². The van der Waals surface area contributed by atoms with Gasteiger partial charge in [0.2, 0.25) is 0 Å². The molecule has 5 aliphatic rings. The van der Waals surface area contributed by atoms with Gasteiger partial charge in [0.1, 0.15) is 0 Å². The smallest absolute Gasteiger partial charge is 0.315 e. The zero-order chi connectivity index (χ0) is 21.1. The van der Waals surface area contributed by atoms with E-state index in [1.807, 2.05) is 0 Å². The van der Waals surface area contributed by atoms with Crippen LogP contribution in [0.3, 0.4) is 0 Å². The number of nitrogens with one attached hydrogen (secondary N) is 2. The van der Waals surface area contributed by atoms with Gasteiger partial charge in [-0.3, -0.25) is 0 Å². The minimum atomic E-state index is 0.0846. The lowest BCUT2D eigenvalue weighted by molar-refractivity contribution is -0.0135. The van der Waals surface area contributed by atoms with Gasteiger partial charge in [-0.2, -0.15) is 0 Å². The molecule has 31 heavy (non-hydrogen) atoms. The molecule has 4 nitrogen and oxygen atoms in total. The van der Waals surface area contributed by atoms with Crippen LogP contribution < -0.4 is 10.6 Å². The zero-order valence-corrected chi connectivity index (χ0v) is 19.2. The number of amides is 2. The number of benzene rings is 1. The highest BCUT2D eigenvalue weighted by Crippen LogP contribution is 2.55. The summed E-state index contributed by atoms with van der Waals surface area (Å²) < 4.78 is 0. The molecule has 170 valence electrons. The number of rotatable bonds is 8. The first-order chi connectivity index (χ1) is 15.2. The zero-order valence-electron chi connectivity index (χ0n) is 19.2. The average molecular weight is 424 g/mol. The topological polar surface area (TPSA) is 44.4 Å². The van der Waals surface area contributed by atoms with Crippen molar-refractivity contribution in [2.45, 2.75) is 76.2 Å². The Balaban J connectivity index is 0.988. The third kappa shape index (κ3) is 5.45. The molecule has 1 atom stereocenters. The van der Waals surface area contributed by atoms with E-state index in [0.717, 1.165) is 43.2 Å². The lowest BCUT2D eigenvalue weighted by Crippen LogP contribution is -2.61. The molecule has 1 aromatic rings. The first-order valence-electron chi connectivity index (χ1n) is 13.0. The van der Waals surface area contributed by atoms with E-state index >= 15 is 0 Å². The molecule has 4 aliphatic carbocycles. The third-order valence-corrected chi connectivity index (χ3v) is 8.64. The summed E-state index contributed by atoms with van der Waals surface area (Å²) in [7, 11) is 0. The molecule has 5 fully saturated rings. The SMILES string of the molecule is O=C(NCCCN1CCCC(CCc2ccccc2)C1)NC12CC3CC(CC(C3)C1)C2. The Morgan fingerprint density at radius 1 is 1.03 bits per heavy atom. The number of urea groups is 1. The summed E-state index contributed by atoms with van der Waals surface area (Å²) in [5, 5.41) is 6.62. The number of hydrogen-bond acceptors (Lipinski definition) is 2. The molecular formula is C27H41N3O. The molecule has 1 saturated heterocycles. The van der Waals surface area contributed by atoms with Crippen molar-refractivity contribution >= 4 is 6.03 Å². The molecule has 1 aromatic carbocycles. The Kier molecular flexibility index (Phi) is 6.54. The fourth-order valence-electron chi connectivity index (χ4n) is 7.66. The number of likely N-dealkylation sites (tertiary alicyclic amines) is 1. The molecule has 0 spiro atoms. The molecule has 1 aliphatic heterocycles. The summed E-state index contributed by atoms with van der Waals surface area (Å²) in [6.45, 7) is 4.36. The standard InChI is InChI=1S/C27H41N3O/c31-26(29-27-17-23-14-24(18-27)16-25(15-23)19-27)28-11-5-13-30-12-4-8-22(20-30)10-9-21-6-2-1-3-7-21/h1-3,6-7,22-25H,4-5,8-20H2,(H2,28,29,31).